The molecule has 33 heavy (non-hydrogen) atoms. The fourth-order valence-electron chi connectivity index (χ4n) is 5.13. The van der Waals surface area contributed by atoms with Crippen molar-refractivity contribution < 1.29 is 0 Å². The molecule has 0 aliphatic heterocycles. The molecule has 0 aromatic heterocycles. The van der Waals surface area contributed by atoms with Gasteiger partial charge in [0.15, 0.2) is 0 Å². The lowest BCUT2D eigenvalue weighted by molar-refractivity contribution is 0.0816. The Morgan fingerprint density at radius 3 is 1.88 bits per heavy atom. The normalized spacial score (nSPS) is 16.6. The summed E-state index contributed by atoms with van der Waals surface area (Å²) in [5, 5.41) is 4.21. The van der Waals surface area contributed by atoms with Gasteiger partial charge in [-0.3, -0.25) is 10.2 Å². The Morgan fingerprint density at radius 1 is 0.727 bits per heavy atom. The molecule has 0 saturated heterocycles. The Balaban J connectivity index is 2.65. The maximum atomic E-state index is 4.21. The Labute approximate surface area is 209 Å². The summed E-state index contributed by atoms with van der Waals surface area (Å²) in [7, 11) is 2.36. The van der Waals surface area contributed by atoms with Crippen molar-refractivity contribution in [2.24, 2.45) is 11.8 Å². The predicted octanol–water partition coefficient (Wildman–Crippen LogP) is 8.94. The highest BCUT2D eigenvalue weighted by Gasteiger charge is 2.35. The van der Waals surface area contributed by atoms with E-state index in [0.29, 0.717) is 18.2 Å². The van der Waals surface area contributed by atoms with E-state index in [1.807, 2.05) is 0 Å². The average molecular weight is 461 g/mol. The molecule has 1 saturated carbocycles. The van der Waals surface area contributed by atoms with Gasteiger partial charge in [0.1, 0.15) is 0 Å². The number of nitrogens with zero attached hydrogens (tertiary/aromatic N) is 1. The zero-order valence-corrected chi connectivity index (χ0v) is 23.6. The molecular weight excluding hydrogens is 400 g/mol. The van der Waals surface area contributed by atoms with Crippen molar-refractivity contribution in [1.82, 2.24) is 10.2 Å². The molecule has 1 fully saturated rings. The Kier molecular flexibility index (Phi) is 18.3. The van der Waals surface area contributed by atoms with Crippen molar-refractivity contribution in [3.05, 3.63) is 0 Å². The van der Waals surface area contributed by atoms with Crippen LogP contribution in [0.5, 0.6) is 0 Å². The molecule has 0 bridgehead atoms. The smallest absolute Gasteiger partial charge is 0.0628 e. The van der Waals surface area contributed by atoms with Gasteiger partial charge < -0.3 is 0 Å². The van der Waals surface area contributed by atoms with Gasteiger partial charge in [-0.2, -0.15) is 0 Å². The summed E-state index contributed by atoms with van der Waals surface area (Å²) in [6, 6.07) is 1.29. The van der Waals surface area contributed by atoms with Crippen LogP contribution in [0.4, 0.5) is 0 Å². The highest BCUT2D eigenvalue weighted by molar-refractivity contribution is 4.99. The summed E-state index contributed by atoms with van der Waals surface area (Å²) in [6.07, 6.45) is 24.4. The molecule has 1 aliphatic rings. The lowest BCUT2D eigenvalue weighted by atomic mass is 9.90. The topological polar surface area (TPSA) is 15.3 Å². The van der Waals surface area contributed by atoms with Gasteiger partial charge in [-0.05, 0) is 77.7 Å². The van der Waals surface area contributed by atoms with Gasteiger partial charge in [-0.1, -0.05) is 78.6 Å². The molecule has 0 heterocycles. The number of nitrogens with one attached hydrogen (secondary N) is 1. The molecule has 0 radical (unpaired) electrons. The van der Waals surface area contributed by atoms with E-state index >= 15 is 0 Å². The summed E-state index contributed by atoms with van der Waals surface area (Å²) in [6.45, 7) is 11.7. The van der Waals surface area contributed by atoms with Crippen LogP contribution in [-0.2, 0) is 0 Å². The minimum absolute atomic E-state index is 0.510. The monoisotopic (exact) mass is 460 g/mol. The molecule has 0 aromatic rings. The number of unbranched alkanes of at least 4 members (excludes halogenated alkanes) is 9. The van der Waals surface area contributed by atoms with Gasteiger partial charge >= 0.3 is 0 Å². The first kappa shape index (κ1) is 30.5. The lowest BCUT2D eigenvalue weighted by Gasteiger charge is -2.40. The van der Waals surface area contributed by atoms with E-state index in [0.717, 1.165) is 24.7 Å². The number of rotatable bonds is 21. The van der Waals surface area contributed by atoms with Crippen LogP contribution in [0.3, 0.4) is 0 Å². The van der Waals surface area contributed by atoms with E-state index in [9.17, 15) is 0 Å². The van der Waals surface area contributed by atoms with E-state index in [1.54, 1.807) is 0 Å². The standard InChI is InChI=1S/C31H60N2/c1-7-10-12-14-15-16-17-18-19-21-24-29(23-20-13-11-8-2)31(33(6)27(4)5)32-30(22-9-3)28-25-26-28/h27-32H,7-16,19-26H2,1-6H3. The van der Waals surface area contributed by atoms with Crippen molar-refractivity contribution in [3.63, 3.8) is 0 Å². The zero-order valence-electron chi connectivity index (χ0n) is 23.6. The fraction of sp³-hybridized carbons (Fsp3) is 0.935. The number of hydrogen-bond donors (Lipinski definition) is 1. The molecule has 2 heteroatoms. The van der Waals surface area contributed by atoms with Crippen LogP contribution in [-0.4, -0.2) is 30.2 Å². The second-order valence-electron chi connectivity index (χ2n) is 11.1. The van der Waals surface area contributed by atoms with E-state index in [1.165, 1.54) is 103 Å². The van der Waals surface area contributed by atoms with Crippen LogP contribution < -0.4 is 5.32 Å². The van der Waals surface area contributed by atoms with Crippen molar-refractivity contribution in [2.45, 2.75) is 168 Å². The summed E-state index contributed by atoms with van der Waals surface area (Å²) in [5.74, 6) is 8.63. The summed E-state index contributed by atoms with van der Waals surface area (Å²) in [4.78, 5) is 2.64. The van der Waals surface area contributed by atoms with Crippen LogP contribution in [0.15, 0.2) is 0 Å². The van der Waals surface area contributed by atoms with Gasteiger partial charge in [0.05, 0.1) is 6.17 Å². The lowest BCUT2D eigenvalue weighted by Crippen LogP contribution is -2.55. The van der Waals surface area contributed by atoms with E-state index in [2.05, 4.69) is 63.7 Å². The van der Waals surface area contributed by atoms with E-state index in [-0.39, 0.29) is 0 Å². The third-order valence-corrected chi connectivity index (χ3v) is 7.71. The molecule has 1 aliphatic carbocycles. The SMILES string of the molecule is CCCCCCCC#CCCCC(CCCCCC)C(NC(CCC)C1CC1)N(C)C(C)C. The third kappa shape index (κ3) is 14.5. The van der Waals surface area contributed by atoms with Crippen molar-refractivity contribution in [1.29, 1.82) is 0 Å². The van der Waals surface area contributed by atoms with Crippen LogP contribution >= 0.6 is 0 Å². The molecule has 3 atom stereocenters. The Hall–Kier alpha value is -0.520. The van der Waals surface area contributed by atoms with Crippen LogP contribution in [0.25, 0.3) is 0 Å². The van der Waals surface area contributed by atoms with Gasteiger partial charge in [-0.25, -0.2) is 0 Å². The minimum atomic E-state index is 0.510. The van der Waals surface area contributed by atoms with Crippen LogP contribution in [0, 0.1) is 23.7 Å². The molecule has 3 unspecified atom stereocenters. The quantitative estimate of drug-likeness (QED) is 0.104. The molecule has 0 aromatic carbocycles. The molecule has 0 amide bonds. The first-order valence-corrected chi connectivity index (χ1v) is 15.0. The van der Waals surface area contributed by atoms with Gasteiger partial charge in [0, 0.05) is 24.9 Å². The van der Waals surface area contributed by atoms with Crippen molar-refractivity contribution in [3.8, 4) is 11.8 Å². The first-order valence-electron chi connectivity index (χ1n) is 15.0. The van der Waals surface area contributed by atoms with E-state index < -0.39 is 0 Å². The van der Waals surface area contributed by atoms with Gasteiger partial charge in [-0.15, -0.1) is 11.8 Å². The summed E-state index contributed by atoms with van der Waals surface area (Å²) in [5.41, 5.74) is 0. The Morgan fingerprint density at radius 2 is 1.30 bits per heavy atom. The molecular formula is C31H60N2. The van der Waals surface area contributed by atoms with Crippen LogP contribution in [0.1, 0.15) is 150 Å². The molecule has 0 spiro atoms. The summed E-state index contributed by atoms with van der Waals surface area (Å²) >= 11 is 0. The molecule has 1 N–H and O–H groups in total. The minimum Gasteiger partial charge on any atom is -0.298 e. The number of hydrogen-bond acceptors (Lipinski definition) is 2. The van der Waals surface area contributed by atoms with Gasteiger partial charge in [0.25, 0.3) is 0 Å². The van der Waals surface area contributed by atoms with Crippen LogP contribution in [0.2, 0.25) is 0 Å². The largest absolute Gasteiger partial charge is 0.298 e. The van der Waals surface area contributed by atoms with Crippen molar-refractivity contribution in [2.75, 3.05) is 7.05 Å². The third-order valence-electron chi connectivity index (χ3n) is 7.71. The molecule has 1 rings (SSSR count). The second-order valence-corrected chi connectivity index (χ2v) is 11.1. The highest BCUT2D eigenvalue weighted by Crippen LogP contribution is 2.36. The zero-order chi connectivity index (χ0) is 24.3. The predicted molar refractivity (Wildman–Crippen MR) is 148 cm³/mol. The molecule has 194 valence electrons. The second kappa shape index (κ2) is 19.8. The fourth-order valence-corrected chi connectivity index (χ4v) is 5.13. The molecule has 2 nitrogen and oxygen atoms in total. The first-order chi connectivity index (χ1) is 16.0. The highest BCUT2D eigenvalue weighted by atomic mass is 15.3. The Bertz CT molecular complexity index is 499. The maximum Gasteiger partial charge on any atom is 0.0628 e. The average Bonchev–Trinajstić information content (AvgIpc) is 3.64. The summed E-state index contributed by atoms with van der Waals surface area (Å²) < 4.78 is 0. The maximum absolute atomic E-state index is 4.21. The van der Waals surface area contributed by atoms with E-state index in [4.69, 9.17) is 0 Å². The van der Waals surface area contributed by atoms with Crippen molar-refractivity contribution >= 4 is 0 Å². The van der Waals surface area contributed by atoms with Gasteiger partial charge in [0.2, 0.25) is 0 Å².